The minimum Gasteiger partial charge on any atom is -0.297 e. The average molecular weight is 503 g/mol. The first-order valence-corrected chi connectivity index (χ1v) is 11.2. The largest absolute Gasteiger partial charge is 0.297 e. The summed E-state index contributed by atoms with van der Waals surface area (Å²) in [6.07, 6.45) is 2.12. The van der Waals surface area contributed by atoms with E-state index in [-0.39, 0.29) is 17.8 Å². The number of hydrogen-bond acceptors (Lipinski definition) is 3. The maximum Gasteiger partial charge on any atom is 0.245 e. The molecule has 0 radical (unpaired) electrons. The van der Waals surface area contributed by atoms with Crippen LogP contribution in [0.3, 0.4) is 0 Å². The maximum absolute atomic E-state index is 13.5. The fraction of sp³-hybridized carbons (Fsp3) is 0.250. The van der Waals surface area contributed by atoms with E-state index >= 15 is 0 Å². The van der Waals surface area contributed by atoms with Gasteiger partial charge in [-0.15, -0.1) is 0 Å². The number of aromatic nitrogens is 1. The number of amides is 1. The Kier molecular flexibility index (Phi) is 6.15. The van der Waals surface area contributed by atoms with Gasteiger partial charge in [-0.3, -0.25) is 15.0 Å². The zero-order chi connectivity index (χ0) is 22.2. The highest BCUT2D eigenvalue weighted by Crippen LogP contribution is 2.38. The number of pyridine rings is 1. The molecule has 2 aromatic carbocycles. The van der Waals surface area contributed by atoms with Crippen LogP contribution in [0.5, 0.6) is 0 Å². The molecule has 1 aromatic heterocycles. The summed E-state index contributed by atoms with van der Waals surface area (Å²) in [4.78, 5) is 19.7. The van der Waals surface area contributed by atoms with Gasteiger partial charge in [0, 0.05) is 16.2 Å². The lowest BCUT2D eigenvalue weighted by Crippen LogP contribution is -2.47. The Morgan fingerprint density at radius 3 is 2.55 bits per heavy atom. The molecule has 4 rings (SSSR count). The molecule has 7 heteroatoms. The van der Waals surface area contributed by atoms with Crippen molar-refractivity contribution in [2.75, 3.05) is 4.90 Å². The zero-order valence-electron chi connectivity index (χ0n) is 17.1. The number of rotatable bonds is 5. The third-order valence-electron chi connectivity index (χ3n) is 5.60. The normalized spacial score (nSPS) is 19.1. The van der Waals surface area contributed by atoms with Gasteiger partial charge in [0.05, 0.1) is 17.1 Å². The molecule has 31 heavy (non-hydrogen) atoms. The Hall–Kier alpha value is -2.28. The van der Waals surface area contributed by atoms with Gasteiger partial charge < -0.3 is 0 Å². The van der Waals surface area contributed by atoms with Crippen molar-refractivity contribution in [3.63, 3.8) is 0 Å². The summed E-state index contributed by atoms with van der Waals surface area (Å²) in [5.41, 5.74) is 1.39. The molecule has 4 nitrogen and oxygen atoms in total. The van der Waals surface area contributed by atoms with Gasteiger partial charge in [-0.2, -0.15) is 0 Å². The van der Waals surface area contributed by atoms with Crippen LogP contribution in [0.4, 0.5) is 10.2 Å². The van der Waals surface area contributed by atoms with Gasteiger partial charge >= 0.3 is 0 Å². The molecule has 1 aliphatic heterocycles. The van der Waals surface area contributed by atoms with E-state index in [9.17, 15) is 9.18 Å². The maximum atomic E-state index is 13.5. The molecule has 0 saturated carbocycles. The number of benzene rings is 2. The fourth-order valence-electron chi connectivity index (χ4n) is 4.04. The van der Waals surface area contributed by atoms with E-state index < -0.39 is 11.6 Å². The van der Waals surface area contributed by atoms with Crippen LogP contribution < -0.4 is 10.2 Å². The van der Waals surface area contributed by atoms with Crippen molar-refractivity contribution in [2.45, 2.75) is 37.9 Å². The molecule has 1 saturated heterocycles. The predicted octanol–water partition coefficient (Wildman–Crippen LogP) is 6.01. The van der Waals surface area contributed by atoms with Gasteiger partial charge in [-0.05, 0) is 67.8 Å². The van der Waals surface area contributed by atoms with Crippen LogP contribution in [0.1, 0.15) is 37.4 Å². The Morgan fingerprint density at radius 2 is 1.90 bits per heavy atom. The number of nitrogens with zero attached hydrogens (tertiary/aromatic N) is 2. The summed E-state index contributed by atoms with van der Waals surface area (Å²) in [5, 5.41) is 4.00. The van der Waals surface area contributed by atoms with E-state index in [1.165, 1.54) is 12.1 Å². The van der Waals surface area contributed by atoms with Gasteiger partial charge in [0.15, 0.2) is 0 Å². The van der Waals surface area contributed by atoms with E-state index in [1.807, 2.05) is 38.1 Å². The second-order valence-corrected chi connectivity index (χ2v) is 9.53. The second kappa shape index (κ2) is 8.69. The third-order valence-corrected chi connectivity index (χ3v) is 6.32. The van der Waals surface area contributed by atoms with Crippen molar-refractivity contribution in [2.24, 2.45) is 0 Å². The minimum atomic E-state index is -0.528. The molecule has 1 N–H and O–H groups in total. The van der Waals surface area contributed by atoms with E-state index in [0.717, 1.165) is 15.6 Å². The minimum absolute atomic E-state index is 0.0602. The van der Waals surface area contributed by atoms with E-state index in [1.54, 1.807) is 35.4 Å². The molecular weight excluding hydrogens is 481 g/mol. The lowest BCUT2D eigenvalue weighted by molar-refractivity contribution is -0.119. The molecule has 0 aliphatic carbocycles. The molecule has 3 aromatic rings. The first kappa shape index (κ1) is 21.9. The van der Waals surface area contributed by atoms with Crippen LogP contribution in [-0.4, -0.2) is 16.9 Å². The number of nitrogens with one attached hydrogen (secondary N) is 1. The average Bonchev–Trinajstić information content (AvgIpc) is 3.04. The molecular formula is C24H22BrClFN3O. The third kappa shape index (κ3) is 4.66. The number of anilines is 1. The zero-order valence-corrected chi connectivity index (χ0v) is 19.5. The van der Waals surface area contributed by atoms with Crippen molar-refractivity contribution in [3.8, 4) is 0 Å². The lowest BCUT2D eigenvalue weighted by atomic mass is 9.92. The molecule has 1 fully saturated rings. The standard InChI is InChI=1S/C24H22BrClFN3O/c1-24(2,16-6-9-19(27)10-7-16)29-20-13-21(15-4-3-5-17(25)12-15)30(23(20)31)22-11-8-18(26)14-28-22/h3-12,14,20-21,29H,13H2,1-2H3/t20-,21-/m1/s1. The molecule has 0 spiro atoms. The highest BCUT2D eigenvalue weighted by molar-refractivity contribution is 9.10. The Morgan fingerprint density at radius 1 is 1.16 bits per heavy atom. The van der Waals surface area contributed by atoms with E-state index in [2.05, 4.69) is 26.2 Å². The molecule has 0 unspecified atom stereocenters. The molecule has 2 heterocycles. The number of carbonyl (C=O) groups excluding carboxylic acids is 1. The Balaban J connectivity index is 1.67. The van der Waals surface area contributed by atoms with Crippen LogP contribution in [0.25, 0.3) is 0 Å². The summed E-state index contributed by atoms with van der Waals surface area (Å²) in [5.74, 6) is 0.212. The van der Waals surface area contributed by atoms with Crippen LogP contribution in [-0.2, 0) is 10.3 Å². The lowest BCUT2D eigenvalue weighted by Gasteiger charge is -2.30. The number of carbonyl (C=O) groups is 1. The van der Waals surface area contributed by atoms with E-state index in [4.69, 9.17) is 11.6 Å². The molecule has 0 bridgehead atoms. The second-order valence-electron chi connectivity index (χ2n) is 8.18. The predicted molar refractivity (Wildman–Crippen MR) is 125 cm³/mol. The van der Waals surface area contributed by atoms with Crippen molar-refractivity contribution in [1.82, 2.24) is 10.3 Å². The summed E-state index contributed by atoms with van der Waals surface area (Å²) >= 11 is 9.54. The number of hydrogen-bond donors (Lipinski definition) is 1. The van der Waals surface area contributed by atoms with Gasteiger partial charge in [0.2, 0.25) is 5.91 Å². The summed E-state index contributed by atoms with van der Waals surface area (Å²) in [6, 6.07) is 17.2. The van der Waals surface area contributed by atoms with Crippen molar-refractivity contribution >= 4 is 39.3 Å². The smallest absolute Gasteiger partial charge is 0.245 e. The molecule has 160 valence electrons. The summed E-state index contributed by atoms with van der Waals surface area (Å²) < 4.78 is 14.3. The van der Waals surface area contributed by atoms with Crippen LogP contribution in [0.15, 0.2) is 71.3 Å². The van der Waals surface area contributed by atoms with Crippen LogP contribution in [0.2, 0.25) is 5.02 Å². The number of halogens is 3. The topological polar surface area (TPSA) is 45.2 Å². The highest BCUT2D eigenvalue weighted by atomic mass is 79.9. The monoisotopic (exact) mass is 501 g/mol. The molecule has 2 atom stereocenters. The van der Waals surface area contributed by atoms with Gasteiger partial charge in [0.25, 0.3) is 0 Å². The molecule has 1 amide bonds. The summed E-state index contributed by atoms with van der Waals surface area (Å²) in [6.45, 7) is 3.98. The Labute approximate surface area is 194 Å². The van der Waals surface area contributed by atoms with Crippen molar-refractivity contribution in [3.05, 3.63) is 93.3 Å². The van der Waals surface area contributed by atoms with Gasteiger partial charge in [-0.1, -0.05) is 51.8 Å². The highest BCUT2D eigenvalue weighted by Gasteiger charge is 2.43. The van der Waals surface area contributed by atoms with E-state index in [0.29, 0.717) is 17.3 Å². The SMILES string of the molecule is CC(C)(N[C@@H]1C[C@H](c2cccc(Br)c2)N(c2ccc(Cl)cn2)C1=O)c1ccc(F)cc1. The first-order valence-electron chi connectivity index (χ1n) is 9.98. The molecule has 1 aliphatic rings. The Bertz CT molecular complexity index is 1090. The van der Waals surface area contributed by atoms with Crippen molar-refractivity contribution in [1.29, 1.82) is 0 Å². The van der Waals surface area contributed by atoms with Gasteiger partial charge in [0.1, 0.15) is 11.6 Å². The van der Waals surface area contributed by atoms with Crippen LogP contribution in [0, 0.1) is 5.82 Å². The fourth-order valence-corrected chi connectivity index (χ4v) is 4.57. The quantitative estimate of drug-likeness (QED) is 0.465. The van der Waals surface area contributed by atoms with Gasteiger partial charge in [-0.25, -0.2) is 9.37 Å². The summed E-state index contributed by atoms with van der Waals surface area (Å²) in [7, 11) is 0. The van der Waals surface area contributed by atoms with Crippen molar-refractivity contribution < 1.29 is 9.18 Å². The first-order chi connectivity index (χ1) is 14.7. The van der Waals surface area contributed by atoms with Crippen LogP contribution >= 0.6 is 27.5 Å².